The lowest BCUT2D eigenvalue weighted by molar-refractivity contribution is -1.02. The van der Waals surface area contributed by atoms with Crippen LogP contribution in [-0.4, -0.2) is 43.8 Å². The highest BCUT2D eigenvalue weighted by molar-refractivity contribution is 9.10. The van der Waals surface area contributed by atoms with Crippen molar-refractivity contribution in [3.63, 3.8) is 0 Å². The van der Waals surface area contributed by atoms with Gasteiger partial charge in [-0.1, -0.05) is 17.3 Å². The van der Waals surface area contributed by atoms with E-state index in [1.54, 1.807) is 0 Å². The Morgan fingerprint density at radius 3 is 2.62 bits per heavy atom. The first-order valence-electron chi connectivity index (χ1n) is 8.24. The van der Waals surface area contributed by atoms with Crippen molar-refractivity contribution in [3.05, 3.63) is 46.3 Å². The zero-order valence-corrected chi connectivity index (χ0v) is 15.4. The van der Waals surface area contributed by atoms with Crippen molar-refractivity contribution < 1.29 is 19.1 Å². The van der Waals surface area contributed by atoms with Crippen molar-refractivity contribution in [2.24, 2.45) is 0 Å². The van der Waals surface area contributed by atoms with Crippen LogP contribution < -0.4 is 15.1 Å². The van der Waals surface area contributed by atoms with E-state index in [4.69, 9.17) is 4.52 Å². The molecule has 1 fully saturated rings. The highest BCUT2D eigenvalue weighted by atomic mass is 79.9. The molecule has 2 heterocycles. The topological polar surface area (TPSA) is 64.0 Å². The number of piperazine rings is 1. The molecule has 7 heteroatoms. The zero-order valence-electron chi connectivity index (χ0n) is 13.8. The lowest BCUT2D eigenvalue weighted by Crippen LogP contribution is -3.28. The number of nitrogens with zero attached hydrogens (tertiary/aromatic N) is 1. The van der Waals surface area contributed by atoms with E-state index in [-0.39, 0.29) is 5.91 Å². The predicted molar refractivity (Wildman–Crippen MR) is 94.0 cm³/mol. The number of quaternary nitrogens is 2. The Kier molecular flexibility index (Phi) is 5.65. The summed E-state index contributed by atoms with van der Waals surface area (Å²) >= 11 is 3.45. The van der Waals surface area contributed by atoms with Gasteiger partial charge in [0, 0.05) is 10.5 Å². The monoisotopic (exact) mass is 394 g/mol. The van der Waals surface area contributed by atoms with E-state index in [9.17, 15) is 4.79 Å². The summed E-state index contributed by atoms with van der Waals surface area (Å²) in [5, 5.41) is 7.04. The summed E-state index contributed by atoms with van der Waals surface area (Å²) in [5.41, 5.74) is 1.84. The van der Waals surface area contributed by atoms with E-state index >= 15 is 0 Å². The van der Waals surface area contributed by atoms with E-state index < -0.39 is 0 Å². The number of aromatic nitrogens is 1. The Morgan fingerprint density at radius 1 is 1.25 bits per heavy atom. The maximum absolute atomic E-state index is 12.2. The average molecular weight is 395 g/mol. The molecule has 6 nitrogen and oxygen atoms in total. The molecule has 2 aromatic rings. The van der Waals surface area contributed by atoms with Gasteiger partial charge in [-0.3, -0.25) is 4.79 Å². The molecule has 128 valence electrons. The van der Waals surface area contributed by atoms with Crippen LogP contribution >= 0.6 is 15.9 Å². The van der Waals surface area contributed by atoms with E-state index in [0.717, 1.165) is 54.3 Å². The molecule has 1 amide bonds. The molecule has 1 saturated heterocycles. The molecule has 0 aliphatic carbocycles. The Labute approximate surface area is 149 Å². The summed E-state index contributed by atoms with van der Waals surface area (Å²) in [5.74, 6) is 0.921. The van der Waals surface area contributed by atoms with Crippen LogP contribution in [0.3, 0.4) is 0 Å². The molecule has 3 N–H and O–H groups in total. The molecule has 3 rings (SSSR count). The van der Waals surface area contributed by atoms with Gasteiger partial charge in [0.15, 0.2) is 6.54 Å². The van der Waals surface area contributed by atoms with Gasteiger partial charge in [-0.25, -0.2) is 0 Å². The number of anilines is 1. The molecule has 0 bridgehead atoms. The molecule has 0 atom stereocenters. The van der Waals surface area contributed by atoms with Crippen LogP contribution in [0.25, 0.3) is 0 Å². The van der Waals surface area contributed by atoms with Gasteiger partial charge in [0.05, 0.1) is 5.69 Å². The third-order valence-corrected chi connectivity index (χ3v) is 5.02. The molecule has 0 radical (unpaired) electrons. The molecule has 24 heavy (non-hydrogen) atoms. The number of para-hydroxylation sites is 1. The molecule has 0 unspecified atom stereocenters. The minimum atomic E-state index is 0.0625. The van der Waals surface area contributed by atoms with Crippen LogP contribution in [0.2, 0.25) is 0 Å². The van der Waals surface area contributed by atoms with Crippen LogP contribution in [0.15, 0.2) is 39.3 Å². The number of hydrogen-bond donors (Lipinski definition) is 3. The predicted octanol–water partition coefficient (Wildman–Crippen LogP) is -0.332. The fourth-order valence-electron chi connectivity index (χ4n) is 3.05. The number of carbonyl (C=O) groups excluding carboxylic acids is 1. The number of halogens is 1. The lowest BCUT2D eigenvalue weighted by Gasteiger charge is -2.28. The van der Waals surface area contributed by atoms with Crippen LogP contribution in [-0.2, 0) is 11.3 Å². The second-order valence-corrected chi connectivity index (χ2v) is 7.16. The Morgan fingerprint density at radius 2 is 1.96 bits per heavy atom. The molecule has 1 aromatic carbocycles. The number of hydrogen-bond acceptors (Lipinski definition) is 3. The highest BCUT2D eigenvalue weighted by Crippen LogP contribution is 2.20. The summed E-state index contributed by atoms with van der Waals surface area (Å²) in [6.45, 7) is 7.40. The second-order valence-electron chi connectivity index (χ2n) is 6.31. The SMILES string of the molecule is Cc1cc(C[NH+]2CC[NH+](CC(=O)Nc3ccccc3Br)CC2)no1. The first-order valence-corrected chi connectivity index (χ1v) is 9.03. The molecular formula is C17H23BrN4O2+2. The van der Waals surface area contributed by atoms with Crippen molar-refractivity contribution >= 4 is 27.5 Å². The number of carbonyl (C=O) groups is 1. The first-order chi connectivity index (χ1) is 11.6. The minimum absolute atomic E-state index is 0.0625. The maximum atomic E-state index is 12.2. The zero-order chi connectivity index (χ0) is 16.9. The summed E-state index contributed by atoms with van der Waals surface area (Å²) in [4.78, 5) is 15.1. The van der Waals surface area contributed by atoms with E-state index in [1.165, 1.54) is 9.80 Å². The van der Waals surface area contributed by atoms with Crippen molar-refractivity contribution in [2.45, 2.75) is 13.5 Å². The van der Waals surface area contributed by atoms with Crippen LogP contribution in [0.4, 0.5) is 5.69 Å². The van der Waals surface area contributed by atoms with Gasteiger partial charge in [0.1, 0.15) is 44.2 Å². The molecule has 1 aromatic heterocycles. The Hall–Kier alpha value is -1.70. The van der Waals surface area contributed by atoms with E-state index in [1.807, 2.05) is 37.3 Å². The van der Waals surface area contributed by atoms with Gasteiger partial charge >= 0.3 is 0 Å². The number of rotatable bonds is 5. The molecule has 0 saturated carbocycles. The smallest absolute Gasteiger partial charge is 0.279 e. The van der Waals surface area contributed by atoms with Crippen LogP contribution in [0.5, 0.6) is 0 Å². The minimum Gasteiger partial charge on any atom is -0.361 e. The Bertz CT molecular complexity index is 695. The third kappa shape index (κ3) is 4.66. The highest BCUT2D eigenvalue weighted by Gasteiger charge is 2.25. The van der Waals surface area contributed by atoms with Gasteiger partial charge in [-0.15, -0.1) is 0 Å². The molecule has 1 aliphatic rings. The quantitative estimate of drug-likeness (QED) is 0.650. The molecule has 0 spiro atoms. The van der Waals surface area contributed by atoms with Gasteiger partial charge < -0.3 is 19.6 Å². The maximum Gasteiger partial charge on any atom is 0.279 e. The number of benzene rings is 1. The van der Waals surface area contributed by atoms with E-state index in [0.29, 0.717) is 6.54 Å². The number of nitrogens with one attached hydrogen (secondary N) is 3. The second kappa shape index (κ2) is 7.92. The van der Waals surface area contributed by atoms with Crippen molar-refractivity contribution in [3.8, 4) is 0 Å². The summed E-state index contributed by atoms with van der Waals surface area (Å²) < 4.78 is 6.03. The number of aryl methyl sites for hydroxylation is 1. The molecular weight excluding hydrogens is 372 g/mol. The average Bonchev–Trinajstić information content (AvgIpc) is 2.96. The standard InChI is InChI=1S/C17H21BrN4O2/c1-13-10-14(20-24-13)11-21-6-8-22(9-7-21)12-17(23)19-16-5-3-2-4-15(16)18/h2-5,10H,6-9,11-12H2,1H3,(H,19,23)/p+2. The summed E-state index contributed by atoms with van der Waals surface area (Å²) in [6, 6.07) is 9.68. The van der Waals surface area contributed by atoms with Crippen LogP contribution in [0.1, 0.15) is 11.5 Å². The number of amides is 1. The van der Waals surface area contributed by atoms with E-state index in [2.05, 4.69) is 26.4 Å². The van der Waals surface area contributed by atoms with Gasteiger partial charge in [0.2, 0.25) is 0 Å². The van der Waals surface area contributed by atoms with Gasteiger partial charge in [0.25, 0.3) is 5.91 Å². The lowest BCUT2D eigenvalue weighted by atomic mass is 10.2. The Balaban J connectivity index is 1.43. The molecule has 1 aliphatic heterocycles. The summed E-state index contributed by atoms with van der Waals surface area (Å²) in [7, 11) is 0. The van der Waals surface area contributed by atoms with Gasteiger partial charge in [-0.05, 0) is 35.0 Å². The van der Waals surface area contributed by atoms with Crippen molar-refractivity contribution in [1.29, 1.82) is 0 Å². The first kappa shape index (κ1) is 17.1. The third-order valence-electron chi connectivity index (χ3n) is 4.33. The summed E-state index contributed by atoms with van der Waals surface area (Å²) in [6.07, 6.45) is 0. The normalized spacial score (nSPS) is 20.8. The fraction of sp³-hybridized carbons (Fsp3) is 0.412. The van der Waals surface area contributed by atoms with Crippen molar-refractivity contribution in [1.82, 2.24) is 5.16 Å². The van der Waals surface area contributed by atoms with Gasteiger partial charge in [-0.2, -0.15) is 0 Å². The largest absolute Gasteiger partial charge is 0.361 e. The fourth-order valence-corrected chi connectivity index (χ4v) is 3.44. The van der Waals surface area contributed by atoms with Crippen LogP contribution in [0, 0.1) is 6.92 Å². The van der Waals surface area contributed by atoms with Crippen molar-refractivity contribution in [2.75, 3.05) is 38.0 Å².